The van der Waals surface area contributed by atoms with E-state index >= 15 is 0 Å². The zero-order chi connectivity index (χ0) is 20.4. The lowest BCUT2D eigenvalue weighted by atomic mass is 10.1. The minimum atomic E-state index is -0.481. The summed E-state index contributed by atoms with van der Waals surface area (Å²) in [6.45, 7) is 0. The number of methoxy groups -OCH3 is 1. The number of aromatic nitrogens is 1. The first kappa shape index (κ1) is 18.9. The van der Waals surface area contributed by atoms with Crippen LogP contribution in [0.4, 0.5) is 16.5 Å². The highest BCUT2D eigenvalue weighted by Crippen LogP contribution is 2.33. The molecule has 0 aliphatic heterocycles. The van der Waals surface area contributed by atoms with Crippen molar-refractivity contribution in [1.29, 1.82) is 0 Å². The summed E-state index contributed by atoms with van der Waals surface area (Å²) in [5.41, 5.74) is 2.02. The Hall–Kier alpha value is -3.46. The van der Waals surface area contributed by atoms with Gasteiger partial charge in [-0.2, -0.15) is 0 Å². The Labute approximate surface area is 170 Å². The fourth-order valence-corrected chi connectivity index (χ4v) is 3.58. The van der Waals surface area contributed by atoms with Crippen LogP contribution in [0.5, 0.6) is 5.75 Å². The van der Waals surface area contributed by atoms with E-state index in [1.54, 1.807) is 19.2 Å². The monoisotopic (exact) mass is 410 g/mol. The average molecular weight is 410 g/mol. The molecule has 2 N–H and O–H groups in total. The summed E-state index contributed by atoms with van der Waals surface area (Å²) in [6, 6.07) is 12.2. The third-order valence-corrected chi connectivity index (χ3v) is 5.26. The molecule has 0 atom stereocenters. The number of amides is 1. The van der Waals surface area contributed by atoms with Gasteiger partial charge in [-0.25, -0.2) is 4.98 Å². The number of nitro groups is 1. The first-order chi connectivity index (χ1) is 14.0. The van der Waals surface area contributed by atoms with Crippen LogP contribution < -0.4 is 15.4 Å². The lowest BCUT2D eigenvalue weighted by Crippen LogP contribution is -2.13. The van der Waals surface area contributed by atoms with Crippen molar-refractivity contribution in [3.63, 3.8) is 0 Å². The van der Waals surface area contributed by atoms with Crippen molar-refractivity contribution in [3.05, 3.63) is 63.5 Å². The number of carbonyl (C=O) groups excluding carboxylic acids is 1. The highest BCUT2D eigenvalue weighted by Gasteiger charge is 2.25. The van der Waals surface area contributed by atoms with Crippen molar-refractivity contribution in [2.75, 3.05) is 17.7 Å². The second-order valence-electron chi connectivity index (χ2n) is 6.60. The molecule has 1 heterocycles. The van der Waals surface area contributed by atoms with Crippen LogP contribution in [0.1, 0.15) is 23.2 Å². The van der Waals surface area contributed by atoms with E-state index in [4.69, 9.17) is 4.74 Å². The summed E-state index contributed by atoms with van der Waals surface area (Å²) >= 11 is 1.27. The van der Waals surface area contributed by atoms with Gasteiger partial charge in [0.2, 0.25) is 0 Å². The molecule has 0 spiro atoms. The number of benzene rings is 2. The average Bonchev–Trinajstić information content (AvgIpc) is 3.43. The second-order valence-corrected chi connectivity index (χ2v) is 7.46. The number of thiazole rings is 1. The van der Waals surface area contributed by atoms with Gasteiger partial charge in [0.15, 0.2) is 5.13 Å². The number of hydrogen-bond donors (Lipinski definition) is 2. The van der Waals surface area contributed by atoms with Crippen LogP contribution in [0.15, 0.2) is 47.8 Å². The molecular formula is C20H18N4O4S. The highest BCUT2D eigenvalue weighted by molar-refractivity contribution is 7.14. The Balaban J connectivity index is 1.53. The summed E-state index contributed by atoms with van der Waals surface area (Å²) in [5.74, 6) is 0.233. The predicted molar refractivity (Wildman–Crippen MR) is 112 cm³/mol. The van der Waals surface area contributed by atoms with Crippen LogP contribution in [0.2, 0.25) is 0 Å². The lowest BCUT2D eigenvalue weighted by molar-refractivity contribution is -0.384. The molecule has 0 unspecified atom stereocenters. The molecule has 29 heavy (non-hydrogen) atoms. The van der Waals surface area contributed by atoms with E-state index in [0.29, 0.717) is 22.3 Å². The summed E-state index contributed by atoms with van der Waals surface area (Å²) in [5, 5.41) is 19.4. The minimum absolute atomic E-state index is 0.113. The largest absolute Gasteiger partial charge is 0.496 e. The van der Waals surface area contributed by atoms with Crippen LogP contribution in [0, 0.1) is 10.1 Å². The van der Waals surface area contributed by atoms with Gasteiger partial charge in [-0.3, -0.25) is 20.2 Å². The summed E-state index contributed by atoms with van der Waals surface area (Å²) in [4.78, 5) is 27.9. The van der Waals surface area contributed by atoms with Gasteiger partial charge >= 0.3 is 0 Å². The molecule has 1 aliphatic carbocycles. The van der Waals surface area contributed by atoms with Crippen LogP contribution in [0.3, 0.4) is 0 Å². The molecule has 0 radical (unpaired) electrons. The van der Waals surface area contributed by atoms with Crippen LogP contribution in [-0.4, -0.2) is 29.0 Å². The molecule has 2 aromatic carbocycles. The smallest absolute Gasteiger partial charge is 0.293 e. The van der Waals surface area contributed by atoms with Crippen molar-refractivity contribution in [1.82, 2.24) is 4.98 Å². The first-order valence-electron chi connectivity index (χ1n) is 9.00. The summed E-state index contributed by atoms with van der Waals surface area (Å²) < 4.78 is 5.35. The topological polar surface area (TPSA) is 106 Å². The van der Waals surface area contributed by atoms with Crippen molar-refractivity contribution in [3.8, 4) is 17.0 Å². The molecule has 1 fully saturated rings. The second kappa shape index (κ2) is 7.88. The molecule has 9 heteroatoms. The van der Waals surface area contributed by atoms with E-state index in [-0.39, 0.29) is 17.3 Å². The molecule has 0 saturated heterocycles. The fourth-order valence-electron chi connectivity index (χ4n) is 2.87. The maximum atomic E-state index is 12.6. The number of hydrogen-bond acceptors (Lipinski definition) is 7. The zero-order valence-corrected chi connectivity index (χ0v) is 16.4. The number of carbonyl (C=O) groups is 1. The Kier molecular flexibility index (Phi) is 5.13. The maximum Gasteiger partial charge on any atom is 0.293 e. The Morgan fingerprint density at radius 1 is 1.28 bits per heavy atom. The van der Waals surface area contributed by atoms with Gasteiger partial charge in [-0.05, 0) is 37.1 Å². The van der Waals surface area contributed by atoms with Crippen LogP contribution in [0.25, 0.3) is 11.3 Å². The number of rotatable bonds is 7. The standard InChI is InChI=1S/C20H18N4O4S/c1-28-18-5-3-2-4-14(18)16-11-29-20(22-16)23-19(25)12-6-9-15(21-13-7-8-13)17(10-12)24(26)27/h2-6,9-11,13,21H,7-8H2,1H3,(H,22,23,25). The number of nitrogens with zero attached hydrogens (tertiary/aromatic N) is 2. The molecule has 3 aromatic rings. The van der Waals surface area contributed by atoms with Gasteiger partial charge in [0.25, 0.3) is 11.6 Å². The molecule has 0 bridgehead atoms. The zero-order valence-electron chi connectivity index (χ0n) is 15.5. The van der Waals surface area contributed by atoms with Crippen molar-refractivity contribution >= 4 is 33.8 Å². The third-order valence-electron chi connectivity index (χ3n) is 4.50. The Morgan fingerprint density at radius 2 is 2.07 bits per heavy atom. The third kappa shape index (κ3) is 4.19. The van der Waals surface area contributed by atoms with E-state index in [1.807, 2.05) is 29.6 Å². The first-order valence-corrected chi connectivity index (χ1v) is 9.88. The molecule has 1 amide bonds. The van der Waals surface area contributed by atoms with Gasteiger partial charge in [0, 0.05) is 28.6 Å². The molecular weight excluding hydrogens is 392 g/mol. The van der Waals surface area contributed by atoms with Gasteiger partial charge in [0.05, 0.1) is 17.7 Å². The Morgan fingerprint density at radius 3 is 2.79 bits per heavy atom. The van der Waals surface area contributed by atoms with E-state index in [1.165, 1.54) is 17.4 Å². The van der Waals surface area contributed by atoms with Gasteiger partial charge in [-0.1, -0.05) is 12.1 Å². The molecule has 148 valence electrons. The number of anilines is 2. The maximum absolute atomic E-state index is 12.6. The normalized spacial score (nSPS) is 13.0. The quantitative estimate of drug-likeness (QED) is 0.437. The number of nitrogens with one attached hydrogen (secondary N) is 2. The number of ether oxygens (including phenoxy) is 1. The fraction of sp³-hybridized carbons (Fsp3) is 0.200. The van der Waals surface area contributed by atoms with Gasteiger partial charge < -0.3 is 10.1 Å². The SMILES string of the molecule is COc1ccccc1-c1csc(NC(=O)c2ccc(NC3CC3)c([N+](=O)[O-])c2)n1. The minimum Gasteiger partial charge on any atom is -0.496 e. The lowest BCUT2D eigenvalue weighted by Gasteiger charge is -2.07. The van der Waals surface area contributed by atoms with Crippen LogP contribution in [-0.2, 0) is 0 Å². The Bertz CT molecular complexity index is 1080. The van der Waals surface area contributed by atoms with Gasteiger partial charge in [0.1, 0.15) is 11.4 Å². The summed E-state index contributed by atoms with van der Waals surface area (Å²) in [7, 11) is 1.59. The van der Waals surface area contributed by atoms with E-state index in [2.05, 4.69) is 15.6 Å². The molecule has 8 nitrogen and oxygen atoms in total. The molecule has 1 saturated carbocycles. The van der Waals surface area contributed by atoms with Crippen molar-refractivity contribution in [2.24, 2.45) is 0 Å². The van der Waals surface area contributed by atoms with Crippen LogP contribution >= 0.6 is 11.3 Å². The highest BCUT2D eigenvalue weighted by atomic mass is 32.1. The summed E-state index contributed by atoms with van der Waals surface area (Å²) in [6.07, 6.45) is 2.00. The predicted octanol–water partition coefficient (Wildman–Crippen LogP) is 4.55. The van der Waals surface area contributed by atoms with E-state index in [0.717, 1.165) is 18.4 Å². The number of nitro benzene ring substituents is 1. The van der Waals surface area contributed by atoms with E-state index < -0.39 is 10.8 Å². The molecule has 1 aromatic heterocycles. The van der Waals surface area contributed by atoms with Crippen molar-refractivity contribution in [2.45, 2.75) is 18.9 Å². The van der Waals surface area contributed by atoms with Crippen molar-refractivity contribution < 1.29 is 14.5 Å². The molecule has 1 aliphatic rings. The van der Waals surface area contributed by atoms with E-state index in [9.17, 15) is 14.9 Å². The van der Waals surface area contributed by atoms with Gasteiger partial charge in [-0.15, -0.1) is 11.3 Å². The molecule has 4 rings (SSSR count). The number of para-hydroxylation sites is 1.